The molecule has 0 spiro atoms. The number of ether oxygens (including phenoxy) is 3. The third kappa shape index (κ3) is 6.11. The summed E-state index contributed by atoms with van der Waals surface area (Å²) in [5.74, 6) is 0.382. The first-order valence-electron chi connectivity index (χ1n) is 7.70. The van der Waals surface area contributed by atoms with Crippen molar-refractivity contribution in [2.75, 3.05) is 14.2 Å². The Labute approximate surface area is 149 Å². The fourth-order valence-electron chi connectivity index (χ4n) is 1.95. The predicted molar refractivity (Wildman–Crippen MR) is 93.2 cm³/mol. The van der Waals surface area contributed by atoms with Gasteiger partial charge >= 0.3 is 17.9 Å². The first-order chi connectivity index (χ1) is 11.6. The van der Waals surface area contributed by atoms with Crippen LogP contribution in [0, 0.1) is 23.2 Å². The van der Waals surface area contributed by atoms with E-state index >= 15 is 0 Å². The molecule has 0 aliphatic rings. The van der Waals surface area contributed by atoms with Crippen LogP contribution in [0.3, 0.4) is 0 Å². The van der Waals surface area contributed by atoms with Crippen LogP contribution >= 0.6 is 0 Å². The Balaban J connectivity index is 5.38. The first-order valence-corrected chi connectivity index (χ1v) is 7.70. The Morgan fingerprint density at radius 3 is 1.96 bits per heavy atom. The van der Waals surface area contributed by atoms with Crippen molar-refractivity contribution in [2.45, 2.75) is 39.7 Å². The van der Waals surface area contributed by atoms with Crippen LogP contribution in [-0.4, -0.2) is 38.2 Å². The maximum Gasteiger partial charge on any atom is 0.323 e. The monoisotopic (exact) mass is 350 g/mol. The molecule has 0 fully saturated rings. The lowest BCUT2D eigenvalue weighted by Gasteiger charge is -2.25. The minimum absolute atomic E-state index is 0.0270. The molecule has 0 saturated heterocycles. The summed E-state index contributed by atoms with van der Waals surface area (Å²) < 4.78 is 14.7. The summed E-state index contributed by atoms with van der Waals surface area (Å²) in [6.07, 6.45) is 8.81. The van der Waals surface area contributed by atoms with Gasteiger partial charge in [-0.1, -0.05) is 18.1 Å². The van der Waals surface area contributed by atoms with Gasteiger partial charge in [-0.2, -0.15) is 0 Å². The van der Waals surface area contributed by atoms with Crippen LogP contribution in [0.2, 0.25) is 0 Å². The molecule has 0 amide bonds. The Bertz CT molecular complexity index is 558. The summed E-state index contributed by atoms with van der Waals surface area (Å²) in [4.78, 5) is 36.2. The van der Waals surface area contributed by atoms with Crippen LogP contribution in [0.15, 0.2) is 24.8 Å². The summed E-state index contributed by atoms with van der Waals surface area (Å²) in [6.45, 7) is 8.68. The molecule has 6 nitrogen and oxygen atoms in total. The SMILES string of the molecule is C#CC(/C=C/CC(CC=C)(C(=O)OC)C(=O)OC)OC(=O)C(C)(C)C. The average molecular weight is 350 g/mol. The summed E-state index contributed by atoms with van der Waals surface area (Å²) in [7, 11) is 2.37. The zero-order chi connectivity index (χ0) is 19.7. The van der Waals surface area contributed by atoms with Gasteiger partial charge in [0, 0.05) is 0 Å². The minimum atomic E-state index is -1.56. The molecule has 1 unspecified atom stereocenters. The van der Waals surface area contributed by atoms with E-state index in [9.17, 15) is 14.4 Å². The van der Waals surface area contributed by atoms with Gasteiger partial charge in [-0.15, -0.1) is 13.0 Å². The van der Waals surface area contributed by atoms with Crippen LogP contribution < -0.4 is 0 Å². The lowest BCUT2D eigenvalue weighted by Crippen LogP contribution is -2.40. The van der Waals surface area contributed by atoms with Gasteiger partial charge in [0.05, 0.1) is 19.6 Å². The standard InChI is InChI=1S/C19H26O6/c1-8-12-19(16(21)23-6,17(22)24-7)13-10-11-14(9-2)25-15(20)18(3,4)5/h2,8,10-11,14H,1,12-13H2,3-7H3/b11-10+. The quantitative estimate of drug-likeness (QED) is 0.220. The maximum atomic E-state index is 12.1. The van der Waals surface area contributed by atoms with E-state index in [-0.39, 0.29) is 12.8 Å². The summed E-state index contributed by atoms with van der Waals surface area (Å²) in [5, 5.41) is 0. The highest BCUT2D eigenvalue weighted by Crippen LogP contribution is 2.31. The lowest BCUT2D eigenvalue weighted by molar-refractivity contribution is -0.168. The Morgan fingerprint density at radius 2 is 1.60 bits per heavy atom. The molecule has 0 radical (unpaired) electrons. The highest BCUT2D eigenvalue weighted by atomic mass is 16.5. The van der Waals surface area contributed by atoms with Crippen molar-refractivity contribution in [3.8, 4) is 12.3 Å². The molecule has 0 N–H and O–H groups in total. The molecule has 0 saturated carbocycles. The topological polar surface area (TPSA) is 78.9 Å². The maximum absolute atomic E-state index is 12.1. The predicted octanol–water partition coefficient (Wildman–Crippen LogP) is 2.43. The van der Waals surface area contributed by atoms with E-state index in [1.165, 1.54) is 32.4 Å². The van der Waals surface area contributed by atoms with E-state index in [1.807, 2.05) is 0 Å². The zero-order valence-corrected chi connectivity index (χ0v) is 15.5. The third-order valence-electron chi connectivity index (χ3n) is 3.43. The van der Waals surface area contributed by atoms with E-state index in [0.29, 0.717) is 0 Å². The summed E-state index contributed by atoms with van der Waals surface area (Å²) in [5.41, 5.74) is -2.26. The number of carbonyl (C=O) groups is 3. The van der Waals surface area contributed by atoms with Crippen molar-refractivity contribution in [1.82, 2.24) is 0 Å². The molecule has 0 heterocycles. The first kappa shape index (κ1) is 22.4. The molecule has 0 aromatic heterocycles. The second kappa shape index (κ2) is 9.67. The normalized spacial score (nSPS) is 12.8. The molecule has 0 aromatic carbocycles. The van der Waals surface area contributed by atoms with Crippen LogP contribution in [0.1, 0.15) is 33.6 Å². The van der Waals surface area contributed by atoms with E-state index in [0.717, 1.165) is 0 Å². The number of terminal acetylenes is 1. The van der Waals surface area contributed by atoms with Gasteiger partial charge in [0.1, 0.15) is 0 Å². The molecule has 25 heavy (non-hydrogen) atoms. The second-order valence-electron chi connectivity index (χ2n) is 6.43. The third-order valence-corrected chi connectivity index (χ3v) is 3.43. The number of esters is 3. The largest absolute Gasteiger partial charge is 0.468 e. The fraction of sp³-hybridized carbons (Fsp3) is 0.526. The molecule has 1 atom stereocenters. The van der Waals surface area contributed by atoms with E-state index < -0.39 is 34.8 Å². The number of allylic oxidation sites excluding steroid dienone is 2. The molecule has 0 aliphatic heterocycles. The molecule has 0 rings (SSSR count). The van der Waals surface area contributed by atoms with E-state index in [2.05, 4.69) is 12.5 Å². The van der Waals surface area contributed by atoms with Crippen molar-refractivity contribution in [1.29, 1.82) is 0 Å². The Morgan fingerprint density at radius 1 is 1.08 bits per heavy atom. The van der Waals surface area contributed by atoms with E-state index in [4.69, 9.17) is 20.6 Å². The molecule has 0 bridgehead atoms. The van der Waals surface area contributed by atoms with Crippen LogP contribution in [0.25, 0.3) is 0 Å². The zero-order valence-electron chi connectivity index (χ0n) is 15.5. The van der Waals surface area contributed by atoms with Crippen LogP contribution in [0.4, 0.5) is 0 Å². The Hall–Kier alpha value is -2.55. The molecule has 0 aromatic rings. The molecular formula is C19H26O6. The van der Waals surface area contributed by atoms with Crippen molar-refractivity contribution in [3.05, 3.63) is 24.8 Å². The number of rotatable bonds is 8. The number of hydrogen-bond donors (Lipinski definition) is 0. The van der Waals surface area contributed by atoms with Gasteiger partial charge in [0.15, 0.2) is 11.5 Å². The van der Waals surface area contributed by atoms with Gasteiger partial charge in [-0.05, 0) is 39.7 Å². The molecule has 138 valence electrons. The lowest BCUT2D eigenvalue weighted by atomic mass is 9.80. The van der Waals surface area contributed by atoms with Crippen molar-refractivity contribution < 1.29 is 28.6 Å². The molecule has 6 heteroatoms. The van der Waals surface area contributed by atoms with Crippen LogP contribution in [0.5, 0.6) is 0 Å². The smallest absolute Gasteiger partial charge is 0.323 e. The summed E-state index contributed by atoms with van der Waals surface area (Å²) >= 11 is 0. The van der Waals surface area contributed by atoms with Crippen molar-refractivity contribution in [2.24, 2.45) is 10.8 Å². The number of hydrogen-bond acceptors (Lipinski definition) is 6. The molecular weight excluding hydrogens is 324 g/mol. The number of carbonyl (C=O) groups excluding carboxylic acids is 3. The van der Waals surface area contributed by atoms with Crippen molar-refractivity contribution >= 4 is 17.9 Å². The summed E-state index contributed by atoms with van der Waals surface area (Å²) in [6, 6.07) is 0. The van der Waals surface area contributed by atoms with Crippen LogP contribution in [-0.2, 0) is 28.6 Å². The highest BCUT2D eigenvalue weighted by Gasteiger charge is 2.46. The van der Waals surface area contributed by atoms with Crippen molar-refractivity contribution in [3.63, 3.8) is 0 Å². The van der Waals surface area contributed by atoms with Gasteiger partial charge < -0.3 is 14.2 Å². The van der Waals surface area contributed by atoms with Gasteiger partial charge in [-0.3, -0.25) is 14.4 Å². The van der Waals surface area contributed by atoms with Gasteiger partial charge in [0.2, 0.25) is 0 Å². The molecule has 0 aliphatic carbocycles. The Kier molecular flexibility index (Phi) is 8.69. The van der Waals surface area contributed by atoms with Gasteiger partial charge in [-0.25, -0.2) is 0 Å². The minimum Gasteiger partial charge on any atom is -0.468 e. The van der Waals surface area contributed by atoms with Gasteiger partial charge in [0.25, 0.3) is 0 Å². The number of methoxy groups -OCH3 is 2. The highest BCUT2D eigenvalue weighted by molar-refractivity contribution is 6.00. The second-order valence-corrected chi connectivity index (χ2v) is 6.43. The fourth-order valence-corrected chi connectivity index (χ4v) is 1.95. The average Bonchev–Trinajstić information content (AvgIpc) is 2.57. The van der Waals surface area contributed by atoms with E-state index in [1.54, 1.807) is 20.8 Å².